The third-order valence-corrected chi connectivity index (χ3v) is 4.11. The van der Waals surface area contributed by atoms with Crippen LogP contribution >= 0.6 is 22.9 Å². The molecule has 0 aliphatic rings. The first-order valence-electron chi connectivity index (χ1n) is 6.03. The van der Waals surface area contributed by atoms with E-state index >= 15 is 0 Å². The maximum Gasteiger partial charge on any atom is 0.0931 e. The van der Waals surface area contributed by atoms with E-state index in [2.05, 4.69) is 41.9 Å². The lowest BCUT2D eigenvalue weighted by Crippen LogP contribution is -2.05. The zero-order valence-electron chi connectivity index (χ0n) is 11.1. The number of thiophene rings is 1. The number of rotatable bonds is 4. The molecule has 2 rings (SSSR count). The number of halogens is 1. The number of aromatic nitrogens is 2. The molecular formula is C13H18ClN3S. The molecular weight excluding hydrogens is 266 g/mol. The Labute approximate surface area is 117 Å². The molecule has 0 aliphatic carbocycles. The Morgan fingerprint density at radius 1 is 1.39 bits per heavy atom. The van der Waals surface area contributed by atoms with Gasteiger partial charge in [0.2, 0.25) is 0 Å². The van der Waals surface area contributed by atoms with E-state index in [1.807, 2.05) is 13.0 Å². The first-order valence-corrected chi connectivity index (χ1v) is 7.22. The van der Waals surface area contributed by atoms with Crippen LogP contribution in [0.1, 0.15) is 36.2 Å². The molecule has 0 amide bonds. The van der Waals surface area contributed by atoms with Gasteiger partial charge in [0, 0.05) is 17.5 Å². The third-order valence-electron chi connectivity index (χ3n) is 2.88. The molecule has 0 bridgehead atoms. The molecule has 0 aromatic carbocycles. The van der Waals surface area contributed by atoms with Crippen LogP contribution in [0.3, 0.4) is 0 Å². The number of hydrogen-bond acceptors (Lipinski definition) is 3. The van der Waals surface area contributed by atoms with Crippen LogP contribution in [0.5, 0.6) is 0 Å². The second-order valence-corrected chi connectivity index (χ2v) is 6.44. The lowest BCUT2D eigenvalue weighted by atomic mass is 10.3. The lowest BCUT2D eigenvalue weighted by molar-refractivity contribution is 0.516. The molecule has 0 atom stereocenters. The second-order valence-electron chi connectivity index (χ2n) is 4.64. The lowest BCUT2D eigenvalue weighted by Gasteiger charge is -2.09. The standard InChI is InChI=1S/C13H18ClN3S/c1-8(2)17-10(4)13(9(3)16-17)15-7-11-5-6-12(14)18-11/h5-6,8,15H,7H2,1-4H3. The number of anilines is 1. The number of hydrogen-bond donors (Lipinski definition) is 1. The van der Waals surface area contributed by atoms with E-state index in [0.717, 1.165) is 22.3 Å². The van der Waals surface area contributed by atoms with Gasteiger partial charge in [-0.2, -0.15) is 5.10 Å². The normalized spacial score (nSPS) is 11.2. The smallest absolute Gasteiger partial charge is 0.0931 e. The minimum atomic E-state index is 0.385. The van der Waals surface area contributed by atoms with E-state index in [1.54, 1.807) is 11.3 Å². The van der Waals surface area contributed by atoms with Crippen LogP contribution in [-0.2, 0) is 6.54 Å². The molecule has 18 heavy (non-hydrogen) atoms. The van der Waals surface area contributed by atoms with Gasteiger partial charge in [0.25, 0.3) is 0 Å². The summed E-state index contributed by atoms with van der Waals surface area (Å²) in [4.78, 5) is 1.23. The summed E-state index contributed by atoms with van der Waals surface area (Å²) in [5.74, 6) is 0. The van der Waals surface area contributed by atoms with Crippen molar-refractivity contribution in [2.45, 2.75) is 40.3 Å². The van der Waals surface area contributed by atoms with Gasteiger partial charge in [0.05, 0.1) is 21.4 Å². The van der Waals surface area contributed by atoms with Crippen LogP contribution in [0.4, 0.5) is 5.69 Å². The predicted octanol–water partition coefficient (Wildman–Crippen LogP) is 4.41. The van der Waals surface area contributed by atoms with Gasteiger partial charge >= 0.3 is 0 Å². The van der Waals surface area contributed by atoms with Crippen molar-refractivity contribution in [3.05, 3.63) is 32.7 Å². The van der Waals surface area contributed by atoms with Gasteiger partial charge in [-0.05, 0) is 39.8 Å². The molecule has 0 spiro atoms. The largest absolute Gasteiger partial charge is 0.377 e. The van der Waals surface area contributed by atoms with Crippen molar-refractivity contribution >= 4 is 28.6 Å². The van der Waals surface area contributed by atoms with Crippen molar-refractivity contribution in [1.82, 2.24) is 9.78 Å². The molecule has 0 radical (unpaired) electrons. The predicted molar refractivity (Wildman–Crippen MR) is 78.7 cm³/mol. The quantitative estimate of drug-likeness (QED) is 0.901. The first kappa shape index (κ1) is 13.4. The van der Waals surface area contributed by atoms with E-state index in [-0.39, 0.29) is 0 Å². The summed E-state index contributed by atoms with van der Waals surface area (Å²) in [6.07, 6.45) is 0. The second kappa shape index (κ2) is 5.33. The Balaban J connectivity index is 2.14. The highest BCUT2D eigenvalue weighted by Gasteiger charge is 2.13. The van der Waals surface area contributed by atoms with Crippen molar-refractivity contribution in [2.75, 3.05) is 5.32 Å². The van der Waals surface area contributed by atoms with Crippen LogP contribution in [0.2, 0.25) is 4.34 Å². The van der Waals surface area contributed by atoms with Crippen molar-refractivity contribution < 1.29 is 0 Å². The Morgan fingerprint density at radius 2 is 2.11 bits per heavy atom. The Bertz CT molecular complexity index is 542. The monoisotopic (exact) mass is 283 g/mol. The topological polar surface area (TPSA) is 29.9 Å². The fraction of sp³-hybridized carbons (Fsp3) is 0.462. The first-order chi connectivity index (χ1) is 8.49. The van der Waals surface area contributed by atoms with Gasteiger partial charge in [0.15, 0.2) is 0 Å². The number of nitrogens with one attached hydrogen (secondary N) is 1. The fourth-order valence-corrected chi connectivity index (χ4v) is 3.07. The summed E-state index contributed by atoms with van der Waals surface area (Å²) in [6, 6.07) is 4.37. The van der Waals surface area contributed by atoms with Gasteiger partial charge in [-0.25, -0.2) is 0 Å². The zero-order chi connectivity index (χ0) is 13.3. The summed E-state index contributed by atoms with van der Waals surface area (Å²) in [5.41, 5.74) is 3.36. The highest BCUT2D eigenvalue weighted by atomic mass is 35.5. The van der Waals surface area contributed by atoms with E-state index in [1.165, 1.54) is 10.6 Å². The van der Waals surface area contributed by atoms with Crippen molar-refractivity contribution in [3.63, 3.8) is 0 Å². The summed E-state index contributed by atoms with van der Waals surface area (Å²) in [7, 11) is 0. The van der Waals surface area contributed by atoms with Crippen LogP contribution < -0.4 is 5.32 Å². The molecule has 2 aromatic heterocycles. The maximum absolute atomic E-state index is 5.92. The van der Waals surface area contributed by atoms with Crippen molar-refractivity contribution in [3.8, 4) is 0 Å². The van der Waals surface area contributed by atoms with Crippen molar-refractivity contribution in [1.29, 1.82) is 0 Å². The molecule has 2 aromatic rings. The van der Waals surface area contributed by atoms with E-state index < -0.39 is 0 Å². The van der Waals surface area contributed by atoms with Gasteiger partial charge in [-0.3, -0.25) is 4.68 Å². The van der Waals surface area contributed by atoms with Crippen LogP contribution in [0.15, 0.2) is 12.1 Å². The van der Waals surface area contributed by atoms with Gasteiger partial charge in [-0.15, -0.1) is 11.3 Å². The summed E-state index contributed by atoms with van der Waals surface area (Å²) in [6.45, 7) is 9.22. The van der Waals surface area contributed by atoms with Gasteiger partial charge in [0.1, 0.15) is 0 Å². The zero-order valence-corrected chi connectivity index (χ0v) is 12.7. The average molecular weight is 284 g/mol. The Morgan fingerprint density at radius 3 is 2.61 bits per heavy atom. The minimum Gasteiger partial charge on any atom is -0.377 e. The van der Waals surface area contributed by atoms with E-state index in [4.69, 9.17) is 11.6 Å². The van der Waals surface area contributed by atoms with E-state index in [9.17, 15) is 0 Å². The summed E-state index contributed by atoms with van der Waals surface area (Å²) >= 11 is 7.53. The van der Waals surface area contributed by atoms with Crippen LogP contribution in [0.25, 0.3) is 0 Å². The third kappa shape index (κ3) is 2.70. The van der Waals surface area contributed by atoms with Gasteiger partial charge in [-0.1, -0.05) is 11.6 Å². The summed E-state index contributed by atoms with van der Waals surface area (Å²) in [5, 5.41) is 8.01. The Hall–Kier alpha value is -1.000. The molecule has 0 saturated carbocycles. The number of nitrogens with zero attached hydrogens (tertiary/aromatic N) is 2. The number of aryl methyl sites for hydroxylation is 1. The average Bonchev–Trinajstić information content (AvgIpc) is 2.82. The molecule has 0 saturated heterocycles. The molecule has 5 heteroatoms. The fourth-order valence-electron chi connectivity index (χ4n) is 2.04. The minimum absolute atomic E-state index is 0.385. The highest BCUT2D eigenvalue weighted by molar-refractivity contribution is 7.16. The molecule has 2 heterocycles. The molecule has 98 valence electrons. The van der Waals surface area contributed by atoms with E-state index in [0.29, 0.717) is 6.04 Å². The maximum atomic E-state index is 5.92. The Kier molecular flexibility index (Phi) is 3.97. The molecule has 1 N–H and O–H groups in total. The summed E-state index contributed by atoms with van der Waals surface area (Å²) < 4.78 is 2.89. The highest BCUT2D eigenvalue weighted by Crippen LogP contribution is 2.25. The van der Waals surface area contributed by atoms with Crippen LogP contribution in [0, 0.1) is 13.8 Å². The SMILES string of the molecule is Cc1nn(C(C)C)c(C)c1NCc1ccc(Cl)s1. The molecule has 0 unspecified atom stereocenters. The molecule has 3 nitrogen and oxygen atoms in total. The van der Waals surface area contributed by atoms with Crippen LogP contribution in [-0.4, -0.2) is 9.78 Å². The van der Waals surface area contributed by atoms with Gasteiger partial charge < -0.3 is 5.32 Å². The molecule has 0 aliphatic heterocycles. The van der Waals surface area contributed by atoms with Crippen molar-refractivity contribution in [2.24, 2.45) is 0 Å². The molecule has 0 fully saturated rings.